The number of fused-ring (bicyclic) bond motifs is 1. The Morgan fingerprint density at radius 1 is 1.22 bits per heavy atom. The van der Waals surface area contributed by atoms with Crippen LogP contribution in [0.5, 0.6) is 11.5 Å². The van der Waals surface area contributed by atoms with Crippen molar-refractivity contribution in [3.8, 4) is 11.5 Å². The third-order valence-corrected chi connectivity index (χ3v) is 2.79. The zero-order valence-corrected chi connectivity index (χ0v) is 11.1. The Hall–Kier alpha value is -1.42. The van der Waals surface area contributed by atoms with Gasteiger partial charge in [-0.2, -0.15) is 0 Å². The van der Waals surface area contributed by atoms with Crippen LogP contribution in [-0.2, 0) is 4.74 Å². The summed E-state index contributed by atoms with van der Waals surface area (Å²) in [7, 11) is 0. The fourth-order valence-electron chi connectivity index (χ4n) is 1.70. The van der Waals surface area contributed by atoms with Gasteiger partial charge in [-0.1, -0.05) is 13.8 Å². The average Bonchev–Trinajstić information content (AvgIpc) is 2.80. The van der Waals surface area contributed by atoms with E-state index in [0.717, 1.165) is 43.4 Å². The van der Waals surface area contributed by atoms with Gasteiger partial charge in [-0.3, -0.25) is 0 Å². The first-order chi connectivity index (χ1) is 8.75. The van der Waals surface area contributed by atoms with E-state index in [1.54, 1.807) is 0 Å². The van der Waals surface area contributed by atoms with E-state index in [2.05, 4.69) is 19.2 Å². The summed E-state index contributed by atoms with van der Waals surface area (Å²) in [6.45, 7) is 7.08. The molecule has 0 unspecified atom stereocenters. The molecular weight excluding hydrogens is 230 g/mol. The fraction of sp³-hybridized carbons (Fsp3) is 0.571. The fourth-order valence-corrected chi connectivity index (χ4v) is 1.70. The van der Waals surface area contributed by atoms with E-state index in [1.165, 1.54) is 0 Å². The molecule has 0 atom stereocenters. The van der Waals surface area contributed by atoms with Gasteiger partial charge in [0.15, 0.2) is 11.5 Å². The number of ether oxygens (including phenoxy) is 3. The highest BCUT2D eigenvalue weighted by Gasteiger charge is 2.12. The largest absolute Gasteiger partial charge is 0.454 e. The van der Waals surface area contributed by atoms with Gasteiger partial charge in [0.05, 0.1) is 6.61 Å². The number of benzene rings is 1. The summed E-state index contributed by atoms with van der Waals surface area (Å²) in [5.74, 6) is 2.32. The van der Waals surface area contributed by atoms with Crippen LogP contribution in [0.4, 0.5) is 5.69 Å². The minimum absolute atomic E-state index is 0.317. The number of nitrogens with one attached hydrogen (secondary N) is 1. The molecule has 1 aliphatic heterocycles. The molecule has 2 rings (SSSR count). The van der Waals surface area contributed by atoms with E-state index >= 15 is 0 Å². The molecule has 0 spiro atoms. The van der Waals surface area contributed by atoms with Gasteiger partial charge in [-0.05, 0) is 24.5 Å². The summed E-state index contributed by atoms with van der Waals surface area (Å²) in [6.07, 6.45) is 1.12. The maximum absolute atomic E-state index is 5.54. The lowest BCUT2D eigenvalue weighted by Gasteiger charge is -2.09. The van der Waals surface area contributed by atoms with E-state index in [4.69, 9.17) is 14.2 Å². The van der Waals surface area contributed by atoms with E-state index in [1.807, 2.05) is 18.2 Å². The highest BCUT2D eigenvalue weighted by atomic mass is 16.7. The van der Waals surface area contributed by atoms with Crippen molar-refractivity contribution >= 4 is 5.69 Å². The molecule has 1 N–H and O–H groups in total. The maximum atomic E-state index is 5.54. The van der Waals surface area contributed by atoms with Gasteiger partial charge in [0.1, 0.15) is 0 Å². The Labute approximate surface area is 108 Å². The van der Waals surface area contributed by atoms with E-state index in [9.17, 15) is 0 Å². The van der Waals surface area contributed by atoms with Gasteiger partial charge >= 0.3 is 0 Å². The van der Waals surface area contributed by atoms with Crippen LogP contribution in [-0.4, -0.2) is 26.6 Å². The second-order valence-corrected chi connectivity index (χ2v) is 4.79. The van der Waals surface area contributed by atoms with Crippen molar-refractivity contribution in [3.05, 3.63) is 18.2 Å². The third-order valence-electron chi connectivity index (χ3n) is 2.79. The molecule has 4 nitrogen and oxygen atoms in total. The number of hydrogen-bond acceptors (Lipinski definition) is 4. The molecular formula is C14H21NO3. The minimum atomic E-state index is 0.317. The van der Waals surface area contributed by atoms with Crippen molar-refractivity contribution in [1.82, 2.24) is 0 Å². The van der Waals surface area contributed by atoms with Crippen LogP contribution in [0.15, 0.2) is 18.2 Å². The molecule has 1 aliphatic rings. The molecule has 4 heteroatoms. The lowest BCUT2D eigenvalue weighted by atomic mass is 10.1. The Bertz CT molecular complexity index is 379. The second kappa shape index (κ2) is 6.50. The predicted octanol–water partition coefficient (Wildman–Crippen LogP) is 2.89. The molecule has 100 valence electrons. The Morgan fingerprint density at radius 3 is 2.89 bits per heavy atom. The van der Waals surface area contributed by atoms with Gasteiger partial charge in [0.25, 0.3) is 0 Å². The zero-order valence-electron chi connectivity index (χ0n) is 11.1. The van der Waals surface area contributed by atoms with Crippen molar-refractivity contribution in [2.24, 2.45) is 5.92 Å². The molecule has 0 aliphatic carbocycles. The molecule has 0 fully saturated rings. The first-order valence-corrected chi connectivity index (χ1v) is 6.47. The molecule has 1 aromatic rings. The van der Waals surface area contributed by atoms with E-state index in [0.29, 0.717) is 12.7 Å². The normalized spacial score (nSPS) is 13.1. The van der Waals surface area contributed by atoms with Gasteiger partial charge < -0.3 is 19.5 Å². The predicted molar refractivity (Wildman–Crippen MR) is 71.3 cm³/mol. The monoisotopic (exact) mass is 251 g/mol. The van der Waals surface area contributed by atoms with Crippen LogP contribution in [0.25, 0.3) is 0 Å². The Balaban J connectivity index is 1.65. The SMILES string of the molecule is CC(C)CCOCCNc1ccc2c(c1)OCO2. The van der Waals surface area contributed by atoms with Gasteiger partial charge in [0, 0.05) is 24.9 Å². The summed E-state index contributed by atoms with van der Waals surface area (Å²) < 4.78 is 16.1. The van der Waals surface area contributed by atoms with Crippen LogP contribution < -0.4 is 14.8 Å². The van der Waals surface area contributed by atoms with Crippen LogP contribution in [0, 0.1) is 5.92 Å². The molecule has 0 saturated heterocycles. The van der Waals surface area contributed by atoms with Crippen molar-refractivity contribution in [2.45, 2.75) is 20.3 Å². The Morgan fingerprint density at radius 2 is 2.06 bits per heavy atom. The number of hydrogen-bond donors (Lipinski definition) is 1. The minimum Gasteiger partial charge on any atom is -0.454 e. The summed E-state index contributed by atoms with van der Waals surface area (Å²) in [6, 6.07) is 5.86. The average molecular weight is 251 g/mol. The summed E-state index contributed by atoms with van der Waals surface area (Å²) in [5.41, 5.74) is 1.03. The lowest BCUT2D eigenvalue weighted by molar-refractivity contribution is 0.132. The second-order valence-electron chi connectivity index (χ2n) is 4.79. The van der Waals surface area contributed by atoms with Gasteiger partial charge in [0.2, 0.25) is 6.79 Å². The quantitative estimate of drug-likeness (QED) is 0.756. The first-order valence-electron chi connectivity index (χ1n) is 6.47. The number of rotatable bonds is 7. The van der Waals surface area contributed by atoms with E-state index < -0.39 is 0 Å². The lowest BCUT2D eigenvalue weighted by Crippen LogP contribution is -2.10. The van der Waals surface area contributed by atoms with Crippen LogP contribution in [0.3, 0.4) is 0 Å². The topological polar surface area (TPSA) is 39.7 Å². The number of anilines is 1. The third kappa shape index (κ3) is 3.81. The van der Waals surface area contributed by atoms with Crippen LogP contribution >= 0.6 is 0 Å². The molecule has 0 radical (unpaired) electrons. The molecule has 0 aromatic heterocycles. The highest BCUT2D eigenvalue weighted by molar-refractivity contribution is 5.55. The molecule has 1 aromatic carbocycles. The summed E-state index contributed by atoms with van der Waals surface area (Å²) >= 11 is 0. The van der Waals surface area contributed by atoms with Gasteiger partial charge in [-0.25, -0.2) is 0 Å². The molecule has 0 saturated carbocycles. The van der Waals surface area contributed by atoms with Crippen molar-refractivity contribution in [1.29, 1.82) is 0 Å². The van der Waals surface area contributed by atoms with Crippen molar-refractivity contribution in [2.75, 3.05) is 31.9 Å². The molecule has 0 amide bonds. The Kier molecular flexibility index (Phi) is 4.70. The summed E-state index contributed by atoms with van der Waals surface area (Å²) in [4.78, 5) is 0. The van der Waals surface area contributed by atoms with Crippen molar-refractivity contribution < 1.29 is 14.2 Å². The molecule has 0 bridgehead atoms. The smallest absolute Gasteiger partial charge is 0.231 e. The van der Waals surface area contributed by atoms with Crippen molar-refractivity contribution in [3.63, 3.8) is 0 Å². The summed E-state index contributed by atoms with van der Waals surface area (Å²) in [5, 5.41) is 3.30. The highest BCUT2D eigenvalue weighted by Crippen LogP contribution is 2.34. The standard InChI is InChI=1S/C14H21NO3/c1-11(2)5-7-16-8-6-15-12-3-4-13-14(9-12)18-10-17-13/h3-4,9,11,15H,5-8,10H2,1-2H3. The van der Waals surface area contributed by atoms with E-state index in [-0.39, 0.29) is 0 Å². The van der Waals surface area contributed by atoms with Crippen LogP contribution in [0.2, 0.25) is 0 Å². The van der Waals surface area contributed by atoms with Gasteiger partial charge in [-0.15, -0.1) is 0 Å². The first kappa shape index (κ1) is 13.0. The zero-order chi connectivity index (χ0) is 12.8. The molecule has 1 heterocycles. The maximum Gasteiger partial charge on any atom is 0.231 e. The van der Waals surface area contributed by atoms with Crippen LogP contribution in [0.1, 0.15) is 20.3 Å². The molecule has 18 heavy (non-hydrogen) atoms.